The predicted octanol–water partition coefficient (Wildman–Crippen LogP) is 1.48. The highest BCUT2D eigenvalue weighted by atomic mass is 16.2. The predicted molar refractivity (Wildman–Crippen MR) is 69.8 cm³/mol. The van der Waals surface area contributed by atoms with Crippen molar-refractivity contribution in [2.45, 2.75) is 52.0 Å². The fraction of sp³-hybridized carbons (Fsp3) is 0.643. The molecule has 0 bridgehead atoms. The van der Waals surface area contributed by atoms with E-state index in [-0.39, 0.29) is 18.1 Å². The molecule has 4 nitrogen and oxygen atoms in total. The van der Waals surface area contributed by atoms with Crippen molar-refractivity contribution >= 4 is 18.0 Å². The first-order valence-corrected chi connectivity index (χ1v) is 6.29. The fourth-order valence-corrected chi connectivity index (χ4v) is 1.55. The molecule has 0 radical (unpaired) electrons. The van der Waals surface area contributed by atoms with Crippen LogP contribution in [0.1, 0.15) is 46.0 Å². The number of Topliss-reactive ketones (excluding diaryl/α,β-unsaturated/α-hetero) is 1. The number of ketones is 1. The SMILES string of the molecule is C#CCCC(NC(=O)C(C)CCCC)C(=O)C=O. The quantitative estimate of drug-likeness (QED) is 0.383. The van der Waals surface area contributed by atoms with Crippen LogP contribution in [0.4, 0.5) is 0 Å². The molecule has 0 aromatic carbocycles. The second-order valence-corrected chi connectivity index (χ2v) is 4.37. The Labute approximate surface area is 109 Å². The standard InChI is InChI=1S/C14H21NO3/c1-4-6-8-11(3)14(18)15-12(9-7-5-2)13(17)10-16/h2,10-12H,4,6-9H2,1,3H3,(H,15,18). The van der Waals surface area contributed by atoms with Gasteiger partial charge in [0.2, 0.25) is 11.7 Å². The molecule has 0 saturated carbocycles. The van der Waals surface area contributed by atoms with Gasteiger partial charge in [0, 0.05) is 12.3 Å². The minimum atomic E-state index is -0.782. The number of hydrogen-bond donors (Lipinski definition) is 1. The molecule has 0 fully saturated rings. The van der Waals surface area contributed by atoms with Crippen molar-refractivity contribution in [3.63, 3.8) is 0 Å². The Morgan fingerprint density at radius 2 is 2.06 bits per heavy atom. The monoisotopic (exact) mass is 251 g/mol. The minimum Gasteiger partial charge on any atom is -0.346 e. The summed E-state index contributed by atoms with van der Waals surface area (Å²) in [4.78, 5) is 33.6. The molecule has 2 atom stereocenters. The van der Waals surface area contributed by atoms with E-state index in [2.05, 4.69) is 18.2 Å². The average Bonchev–Trinajstić information content (AvgIpc) is 2.39. The molecule has 0 spiro atoms. The highest BCUT2D eigenvalue weighted by molar-refractivity contribution is 6.27. The Hall–Kier alpha value is -1.63. The number of rotatable bonds is 9. The summed E-state index contributed by atoms with van der Waals surface area (Å²) in [6, 6.07) is -0.782. The first kappa shape index (κ1) is 16.4. The summed E-state index contributed by atoms with van der Waals surface area (Å²) in [6.07, 6.45) is 8.77. The smallest absolute Gasteiger partial charge is 0.223 e. The Morgan fingerprint density at radius 1 is 1.39 bits per heavy atom. The molecule has 0 aliphatic heterocycles. The van der Waals surface area contributed by atoms with E-state index in [0.717, 1.165) is 19.3 Å². The van der Waals surface area contributed by atoms with E-state index in [0.29, 0.717) is 12.8 Å². The molecule has 4 heteroatoms. The van der Waals surface area contributed by atoms with Gasteiger partial charge in [0.05, 0.1) is 6.04 Å². The van der Waals surface area contributed by atoms with Crippen LogP contribution in [0.25, 0.3) is 0 Å². The molecule has 0 aliphatic rings. The molecule has 2 unspecified atom stereocenters. The van der Waals surface area contributed by atoms with Gasteiger partial charge in [-0.05, 0) is 12.8 Å². The summed E-state index contributed by atoms with van der Waals surface area (Å²) >= 11 is 0. The van der Waals surface area contributed by atoms with Crippen LogP contribution < -0.4 is 5.32 Å². The van der Waals surface area contributed by atoms with Crippen LogP contribution in [-0.2, 0) is 14.4 Å². The van der Waals surface area contributed by atoms with Gasteiger partial charge in [0.25, 0.3) is 0 Å². The molecule has 1 N–H and O–H groups in total. The second-order valence-electron chi connectivity index (χ2n) is 4.37. The highest BCUT2D eigenvalue weighted by Gasteiger charge is 2.22. The van der Waals surface area contributed by atoms with Crippen LogP contribution in [0, 0.1) is 18.3 Å². The number of carbonyl (C=O) groups is 3. The number of amides is 1. The lowest BCUT2D eigenvalue weighted by atomic mass is 10.0. The van der Waals surface area contributed by atoms with E-state index in [9.17, 15) is 14.4 Å². The third-order valence-electron chi connectivity index (χ3n) is 2.79. The maximum atomic E-state index is 11.8. The van der Waals surface area contributed by atoms with Crippen LogP contribution in [0.15, 0.2) is 0 Å². The molecule has 0 aromatic rings. The lowest BCUT2D eigenvalue weighted by Gasteiger charge is -2.17. The molecule has 0 saturated heterocycles. The first-order valence-electron chi connectivity index (χ1n) is 6.29. The van der Waals surface area contributed by atoms with Crippen LogP contribution in [0.5, 0.6) is 0 Å². The van der Waals surface area contributed by atoms with Gasteiger partial charge in [0.15, 0.2) is 6.29 Å². The molecule has 0 aromatic heterocycles. The molecule has 18 heavy (non-hydrogen) atoms. The van der Waals surface area contributed by atoms with E-state index in [4.69, 9.17) is 6.42 Å². The number of hydrogen-bond acceptors (Lipinski definition) is 3. The number of nitrogens with one attached hydrogen (secondary N) is 1. The van der Waals surface area contributed by atoms with Crippen molar-refractivity contribution in [2.75, 3.05) is 0 Å². The molecule has 0 rings (SSSR count). The highest BCUT2D eigenvalue weighted by Crippen LogP contribution is 2.08. The summed E-state index contributed by atoms with van der Waals surface area (Å²) < 4.78 is 0. The van der Waals surface area contributed by atoms with E-state index in [1.165, 1.54) is 0 Å². The van der Waals surface area contributed by atoms with Crippen molar-refractivity contribution in [2.24, 2.45) is 5.92 Å². The average molecular weight is 251 g/mol. The summed E-state index contributed by atoms with van der Waals surface area (Å²) in [7, 11) is 0. The molecular formula is C14H21NO3. The zero-order valence-electron chi connectivity index (χ0n) is 11.1. The van der Waals surface area contributed by atoms with Gasteiger partial charge in [-0.1, -0.05) is 26.7 Å². The van der Waals surface area contributed by atoms with Gasteiger partial charge in [-0.3, -0.25) is 14.4 Å². The van der Waals surface area contributed by atoms with Gasteiger partial charge in [-0.15, -0.1) is 12.3 Å². The summed E-state index contributed by atoms with van der Waals surface area (Å²) in [5, 5.41) is 2.60. The van der Waals surface area contributed by atoms with E-state index >= 15 is 0 Å². The van der Waals surface area contributed by atoms with Gasteiger partial charge in [0.1, 0.15) is 0 Å². The molecule has 100 valence electrons. The lowest BCUT2D eigenvalue weighted by Crippen LogP contribution is -2.43. The van der Waals surface area contributed by atoms with Crippen molar-refractivity contribution < 1.29 is 14.4 Å². The third kappa shape index (κ3) is 6.19. The number of aldehydes is 1. The van der Waals surface area contributed by atoms with E-state index in [1.807, 2.05) is 6.92 Å². The molecule has 0 aliphatic carbocycles. The molecular weight excluding hydrogens is 230 g/mol. The Balaban J connectivity index is 4.38. The number of unbranched alkanes of at least 4 members (excludes halogenated alkanes) is 1. The maximum Gasteiger partial charge on any atom is 0.223 e. The van der Waals surface area contributed by atoms with Crippen LogP contribution >= 0.6 is 0 Å². The van der Waals surface area contributed by atoms with Gasteiger partial charge in [-0.2, -0.15) is 0 Å². The summed E-state index contributed by atoms with van der Waals surface area (Å²) in [6.45, 7) is 3.87. The van der Waals surface area contributed by atoms with Gasteiger partial charge < -0.3 is 5.32 Å². The maximum absolute atomic E-state index is 11.8. The Kier molecular flexibility index (Phi) is 8.55. The molecule has 1 amide bonds. The summed E-state index contributed by atoms with van der Waals surface area (Å²) in [5.74, 6) is 1.42. The Bertz CT molecular complexity index is 330. The van der Waals surface area contributed by atoms with E-state index in [1.54, 1.807) is 0 Å². The molecule has 0 heterocycles. The van der Waals surface area contributed by atoms with Crippen molar-refractivity contribution in [1.82, 2.24) is 5.32 Å². The van der Waals surface area contributed by atoms with Gasteiger partial charge >= 0.3 is 0 Å². The third-order valence-corrected chi connectivity index (χ3v) is 2.79. The van der Waals surface area contributed by atoms with E-state index < -0.39 is 11.8 Å². The zero-order valence-corrected chi connectivity index (χ0v) is 11.1. The van der Waals surface area contributed by atoms with Crippen LogP contribution in [0.3, 0.4) is 0 Å². The Morgan fingerprint density at radius 3 is 2.56 bits per heavy atom. The number of terminal acetylenes is 1. The first-order chi connectivity index (χ1) is 8.56. The van der Waals surface area contributed by atoms with Crippen LogP contribution in [0.2, 0.25) is 0 Å². The van der Waals surface area contributed by atoms with Crippen molar-refractivity contribution in [3.05, 3.63) is 0 Å². The number of carbonyl (C=O) groups excluding carboxylic acids is 3. The van der Waals surface area contributed by atoms with Crippen molar-refractivity contribution in [3.8, 4) is 12.3 Å². The fourth-order valence-electron chi connectivity index (χ4n) is 1.55. The normalized spacial score (nSPS) is 13.2. The van der Waals surface area contributed by atoms with Gasteiger partial charge in [-0.25, -0.2) is 0 Å². The second kappa shape index (κ2) is 9.41. The zero-order chi connectivity index (χ0) is 14.0. The lowest BCUT2D eigenvalue weighted by molar-refractivity contribution is -0.134. The minimum absolute atomic E-state index is 0.155. The largest absolute Gasteiger partial charge is 0.346 e. The van der Waals surface area contributed by atoms with Crippen LogP contribution in [-0.4, -0.2) is 24.0 Å². The van der Waals surface area contributed by atoms with Crippen molar-refractivity contribution in [1.29, 1.82) is 0 Å². The topological polar surface area (TPSA) is 63.2 Å². The summed E-state index contributed by atoms with van der Waals surface area (Å²) in [5.41, 5.74) is 0.